The molecule has 57 heavy (non-hydrogen) atoms. The smallest absolute Gasteiger partial charge is 0.0641 e. The van der Waals surface area contributed by atoms with Crippen LogP contribution in [0.15, 0.2) is 212 Å². The molecule has 0 aliphatic rings. The maximum absolute atomic E-state index is 2.48. The summed E-state index contributed by atoms with van der Waals surface area (Å²) in [6.45, 7) is 0. The number of para-hydroxylation sites is 4. The van der Waals surface area contributed by atoms with Crippen molar-refractivity contribution in [3.63, 3.8) is 0 Å². The Morgan fingerprint density at radius 1 is 0.228 bits per heavy atom. The van der Waals surface area contributed by atoms with E-state index in [1.54, 1.807) is 0 Å². The van der Waals surface area contributed by atoms with Crippen molar-refractivity contribution in [1.29, 1.82) is 0 Å². The number of fused-ring (bicyclic) bond motifs is 10. The third kappa shape index (κ3) is 4.79. The van der Waals surface area contributed by atoms with Crippen molar-refractivity contribution in [2.45, 2.75) is 0 Å². The van der Waals surface area contributed by atoms with Gasteiger partial charge < -0.3 is 13.7 Å². The van der Waals surface area contributed by atoms with Crippen LogP contribution in [0.25, 0.3) is 105 Å². The molecule has 0 radical (unpaired) electrons. The minimum atomic E-state index is 1.14. The SMILES string of the molecule is c1ccc(-c2cccc(-n3c4ccccc4c4ccc5c(c6ccccc6n5-c5ccc(-c6ccc7c(c6)c6ccccc6n7-c6ccccc6)cc5)c43)c2)cc1. The van der Waals surface area contributed by atoms with E-state index in [0.717, 1.165) is 11.4 Å². The third-order valence-electron chi connectivity index (χ3n) is 11.8. The second kappa shape index (κ2) is 12.5. The van der Waals surface area contributed by atoms with Crippen molar-refractivity contribution in [3.8, 4) is 39.3 Å². The van der Waals surface area contributed by atoms with Gasteiger partial charge in [0.1, 0.15) is 0 Å². The molecule has 0 aliphatic carbocycles. The minimum Gasteiger partial charge on any atom is -0.309 e. The zero-order chi connectivity index (χ0) is 37.5. The lowest BCUT2D eigenvalue weighted by atomic mass is 10.0. The van der Waals surface area contributed by atoms with Crippen molar-refractivity contribution in [3.05, 3.63) is 212 Å². The summed E-state index contributed by atoms with van der Waals surface area (Å²) in [7, 11) is 0. The molecule has 0 N–H and O–H groups in total. The van der Waals surface area contributed by atoms with Crippen molar-refractivity contribution >= 4 is 65.4 Å². The van der Waals surface area contributed by atoms with Crippen LogP contribution in [0.4, 0.5) is 0 Å². The van der Waals surface area contributed by atoms with Crippen LogP contribution in [0.1, 0.15) is 0 Å². The number of hydrogen-bond donors (Lipinski definition) is 0. The molecule has 12 rings (SSSR count). The first-order valence-electron chi connectivity index (χ1n) is 19.6. The molecule has 12 aromatic rings. The fourth-order valence-corrected chi connectivity index (χ4v) is 9.32. The summed E-state index contributed by atoms with van der Waals surface area (Å²) in [5, 5.41) is 7.53. The van der Waals surface area contributed by atoms with E-state index in [9.17, 15) is 0 Å². The molecule has 0 saturated carbocycles. The molecule has 3 aromatic heterocycles. The van der Waals surface area contributed by atoms with Gasteiger partial charge in [0.25, 0.3) is 0 Å². The van der Waals surface area contributed by atoms with Crippen LogP contribution in [0.2, 0.25) is 0 Å². The number of rotatable bonds is 5. The standard InChI is InChI=1S/C54H35N3/c1-3-14-36(15-4-1)38-16-13-19-42(34-38)57-49-24-11-7-20-43(49)45-31-33-52-53(54(45)57)46-22-9-12-25-50(46)56(52)41-29-26-37(27-30-41)39-28-32-51-47(35-39)44-21-8-10-23-48(44)55(51)40-17-5-2-6-18-40/h1-35H. The lowest BCUT2D eigenvalue weighted by Crippen LogP contribution is -1.96. The highest BCUT2D eigenvalue weighted by Crippen LogP contribution is 2.43. The second-order valence-electron chi connectivity index (χ2n) is 14.9. The van der Waals surface area contributed by atoms with Crippen molar-refractivity contribution in [2.75, 3.05) is 0 Å². The molecule has 3 heteroatoms. The van der Waals surface area contributed by atoms with Crippen LogP contribution in [0, 0.1) is 0 Å². The topological polar surface area (TPSA) is 14.8 Å². The molecule has 0 bridgehead atoms. The van der Waals surface area contributed by atoms with Gasteiger partial charge in [0.15, 0.2) is 0 Å². The summed E-state index contributed by atoms with van der Waals surface area (Å²) >= 11 is 0. The molecule has 0 saturated heterocycles. The largest absolute Gasteiger partial charge is 0.309 e. The van der Waals surface area contributed by atoms with E-state index in [1.165, 1.54) is 93.4 Å². The molecule has 3 nitrogen and oxygen atoms in total. The molecular formula is C54H35N3. The van der Waals surface area contributed by atoms with Gasteiger partial charge >= 0.3 is 0 Å². The molecule has 0 amide bonds. The number of hydrogen-bond acceptors (Lipinski definition) is 0. The van der Waals surface area contributed by atoms with Gasteiger partial charge in [-0.1, -0.05) is 140 Å². The Morgan fingerprint density at radius 3 is 1.46 bits per heavy atom. The van der Waals surface area contributed by atoms with Gasteiger partial charge in [-0.3, -0.25) is 0 Å². The minimum absolute atomic E-state index is 1.14. The molecule has 0 unspecified atom stereocenters. The first-order valence-corrected chi connectivity index (χ1v) is 19.6. The van der Waals surface area contributed by atoms with Crippen LogP contribution >= 0.6 is 0 Å². The molecule has 3 heterocycles. The Hall–Kier alpha value is -7.62. The normalized spacial score (nSPS) is 11.9. The lowest BCUT2D eigenvalue weighted by Gasteiger charge is -2.12. The highest BCUT2D eigenvalue weighted by molar-refractivity contribution is 6.26. The van der Waals surface area contributed by atoms with Crippen LogP contribution in [-0.2, 0) is 0 Å². The summed E-state index contributed by atoms with van der Waals surface area (Å²) in [6, 6.07) is 77.3. The highest BCUT2D eigenvalue weighted by Gasteiger charge is 2.21. The molecule has 266 valence electrons. The number of benzene rings is 9. The number of aromatic nitrogens is 3. The zero-order valence-electron chi connectivity index (χ0n) is 31.0. The lowest BCUT2D eigenvalue weighted by molar-refractivity contribution is 1.17. The van der Waals surface area contributed by atoms with E-state index in [4.69, 9.17) is 0 Å². The Kier molecular flexibility index (Phi) is 6.93. The molecular weight excluding hydrogens is 691 g/mol. The number of nitrogens with zero attached hydrogens (tertiary/aromatic N) is 3. The van der Waals surface area contributed by atoms with Gasteiger partial charge in [-0.15, -0.1) is 0 Å². The zero-order valence-corrected chi connectivity index (χ0v) is 31.0. The van der Waals surface area contributed by atoms with Crippen LogP contribution < -0.4 is 0 Å². The first kappa shape index (κ1) is 31.7. The Morgan fingerprint density at radius 2 is 0.702 bits per heavy atom. The first-order chi connectivity index (χ1) is 28.3. The molecule has 0 spiro atoms. The monoisotopic (exact) mass is 725 g/mol. The van der Waals surface area contributed by atoms with Gasteiger partial charge in [-0.2, -0.15) is 0 Å². The van der Waals surface area contributed by atoms with Crippen molar-refractivity contribution < 1.29 is 0 Å². The quantitative estimate of drug-likeness (QED) is 0.168. The average molecular weight is 726 g/mol. The van der Waals surface area contributed by atoms with E-state index in [1.807, 2.05) is 0 Å². The Bertz CT molecular complexity index is 3490. The predicted molar refractivity (Wildman–Crippen MR) is 240 cm³/mol. The highest BCUT2D eigenvalue weighted by atomic mass is 15.0. The Labute approximate surface area is 329 Å². The molecule has 0 aliphatic heterocycles. The fourth-order valence-electron chi connectivity index (χ4n) is 9.32. The maximum atomic E-state index is 2.48. The molecule has 9 aromatic carbocycles. The predicted octanol–water partition coefficient (Wildman–Crippen LogP) is 14.3. The van der Waals surface area contributed by atoms with E-state index < -0.39 is 0 Å². The third-order valence-corrected chi connectivity index (χ3v) is 11.8. The van der Waals surface area contributed by atoms with Crippen LogP contribution in [-0.4, -0.2) is 13.7 Å². The van der Waals surface area contributed by atoms with Crippen LogP contribution in [0.3, 0.4) is 0 Å². The van der Waals surface area contributed by atoms with Crippen molar-refractivity contribution in [1.82, 2.24) is 13.7 Å². The van der Waals surface area contributed by atoms with Gasteiger partial charge in [-0.05, 0) is 95.1 Å². The second-order valence-corrected chi connectivity index (χ2v) is 14.9. The van der Waals surface area contributed by atoms with Gasteiger partial charge in [0, 0.05) is 49.4 Å². The molecule has 0 fully saturated rings. The van der Waals surface area contributed by atoms with Crippen molar-refractivity contribution in [2.24, 2.45) is 0 Å². The summed E-state index contributed by atoms with van der Waals surface area (Å²) in [6.07, 6.45) is 0. The fraction of sp³-hybridized carbons (Fsp3) is 0. The summed E-state index contributed by atoms with van der Waals surface area (Å²) < 4.78 is 7.29. The van der Waals surface area contributed by atoms with Gasteiger partial charge in [0.2, 0.25) is 0 Å². The van der Waals surface area contributed by atoms with E-state index in [0.29, 0.717) is 0 Å². The van der Waals surface area contributed by atoms with E-state index in [2.05, 4.69) is 226 Å². The summed E-state index contributed by atoms with van der Waals surface area (Å²) in [5.74, 6) is 0. The van der Waals surface area contributed by atoms with E-state index >= 15 is 0 Å². The average Bonchev–Trinajstić information content (AvgIpc) is 3.93. The summed E-state index contributed by atoms with van der Waals surface area (Å²) in [4.78, 5) is 0. The Balaban J connectivity index is 1.04. The molecule has 0 atom stereocenters. The van der Waals surface area contributed by atoms with E-state index in [-0.39, 0.29) is 0 Å². The van der Waals surface area contributed by atoms with Crippen LogP contribution in [0.5, 0.6) is 0 Å². The summed E-state index contributed by atoms with van der Waals surface area (Å²) in [5.41, 5.74) is 15.5. The maximum Gasteiger partial charge on any atom is 0.0641 e. The van der Waals surface area contributed by atoms with Gasteiger partial charge in [0.05, 0.1) is 33.1 Å². The van der Waals surface area contributed by atoms with Gasteiger partial charge in [-0.25, -0.2) is 0 Å².